The largest absolute Gasteiger partial charge is 0.494 e. The maximum atomic E-state index is 11.3. The Bertz CT molecular complexity index is 714. The molecule has 0 atom stereocenters. The van der Waals surface area contributed by atoms with Crippen molar-refractivity contribution >= 4 is 17.3 Å². The molecule has 6 nitrogen and oxygen atoms in total. The van der Waals surface area contributed by atoms with Crippen LogP contribution in [0.5, 0.6) is 5.75 Å². The van der Waals surface area contributed by atoms with E-state index in [1.165, 1.54) is 11.4 Å². The Labute approximate surface area is 167 Å². The van der Waals surface area contributed by atoms with Crippen LogP contribution < -0.4 is 14.5 Å². The van der Waals surface area contributed by atoms with Gasteiger partial charge in [-0.05, 0) is 56.2 Å². The SMILES string of the molecule is CCOC(=O)CCCCOc1ccc(N2CCN(c3ccncc3)CC2)cc1. The van der Waals surface area contributed by atoms with Gasteiger partial charge in [-0.15, -0.1) is 0 Å². The highest BCUT2D eigenvalue weighted by Gasteiger charge is 2.17. The van der Waals surface area contributed by atoms with E-state index in [0.29, 0.717) is 19.6 Å². The van der Waals surface area contributed by atoms with E-state index in [0.717, 1.165) is 44.8 Å². The molecule has 0 saturated carbocycles. The molecule has 1 saturated heterocycles. The van der Waals surface area contributed by atoms with Crippen LogP contribution in [0.25, 0.3) is 0 Å². The number of anilines is 2. The Hall–Kier alpha value is -2.76. The molecular formula is C22H29N3O3. The first-order valence-electron chi connectivity index (χ1n) is 10.0. The lowest BCUT2D eigenvalue weighted by Crippen LogP contribution is -2.46. The van der Waals surface area contributed by atoms with Gasteiger partial charge < -0.3 is 19.3 Å². The van der Waals surface area contributed by atoms with Crippen molar-refractivity contribution in [3.63, 3.8) is 0 Å². The number of hydrogen-bond donors (Lipinski definition) is 0. The van der Waals surface area contributed by atoms with Crippen molar-refractivity contribution in [3.05, 3.63) is 48.8 Å². The molecule has 28 heavy (non-hydrogen) atoms. The number of rotatable bonds is 9. The predicted octanol–water partition coefficient (Wildman–Crippen LogP) is 3.52. The lowest BCUT2D eigenvalue weighted by atomic mass is 10.2. The summed E-state index contributed by atoms with van der Waals surface area (Å²) in [7, 11) is 0. The zero-order valence-electron chi connectivity index (χ0n) is 16.5. The average molecular weight is 383 g/mol. The number of esters is 1. The van der Waals surface area contributed by atoms with E-state index in [2.05, 4.69) is 39.0 Å². The minimum atomic E-state index is -0.129. The first-order chi connectivity index (χ1) is 13.8. The smallest absolute Gasteiger partial charge is 0.305 e. The number of nitrogens with zero attached hydrogens (tertiary/aromatic N) is 3. The van der Waals surface area contributed by atoms with Crippen LogP contribution >= 0.6 is 0 Å². The Morgan fingerprint density at radius 3 is 2.14 bits per heavy atom. The maximum absolute atomic E-state index is 11.3. The van der Waals surface area contributed by atoms with E-state index < -0.39 is 0 Å². The zero-order valence-corrected chi connectivity index (χ0v) is 16.5. The van der Waals surface area contributed by atoms with Crippen molar-refractivity contribution in [2.75, 3.05) is 49.2 Å². The summed E-state index contributed by atoms with van der Waals surface area (Å²) in [6.45, 7) is 6.88. The summed E-state index contributed by atoms with van der Waals surface area (Å²) in [6.07, 6.45) is 5.78. The molecule has 150 valence electrons. The second-order valence-electron chi connectivity index (χ2n) is 6.78. The third-order valence-electron chi connectivity index (χ3n) is 4.86. The summed E-state index contributed by atoms with van der Waals surface area (Å²) in [5.74, 6) is 0.742. The van der Waals surface area contributed by atoms with Gasteiger partial charge in [-0.2, -0.15) is 0 Å². The number of carbonyl (C=O) groups excluding carboxylic acids is 1. The number of aromatic nitrogens is 1. The molecule has 1 aliphatic heterocycles. The normalized spacial score (nSPS) is 14.0. The average Bonchev–Trinajstić information content (AvgIpc) is 2.75. The predicted molar refractivity (Wildman–Crippen MR) is 111 cm³/mol. The molecule has 0 amide bonds. The van der Waals surface area contributed by atoms with Gasteiger partial charge in [-0.1, -0.05) is 0 Å². The number of ether oxygens (including phenoxy) is 2. The van der Waals surface area contributed by atoms with Crippen LogP contribution in [0.1, 0.15) is 26.2 Å². The fourth-order valence-electron chi connectivity index (χ4n) is 3.33. The number of carbonyl (C=O) groups is 1. The molecule has 0 bridgehead atoms. The zero-order chi connectivity index (χ0) is 19.6. The molecule has 1 aliphatic rings. The highest BCUT2D eigenvalue weighted by Crippen LogP contribution is 2.22. The number of hydrogen-bond acceptors (Lipinski definition) is 6. The van der Waals surface area contributed by atoms with Crippen LogP contribution in [0.2, 0.25) is 0 Å². The van der Waals surface area contributed by atoms with Crippen molar-refractivity contribution < 1.29 is 14.3 Å². The summed E-state index contributed by atoms with van der Waals surface area (Å²) in [4.78, 5) is 20.2. The highest BCUT2D eigenvalue weighted by atomic mass is 16.5. The van der Waals surface area contributed by atoms with Crippen LogP contribution in [0, 0.1) is 0 Å². The van der Waals surface area contributed by atoms with Crippen molar-refractivity contribution in [1.82, 2.24) is 4.98 Å². The van der Waals surface area contributed by atoms with Crippen molar-refractivity contribution in [1.29, 1.82) is 0 Å². The van der Waals surface area contributed by atoms with Gasteiger partial charge >= 0.3 is 5.97 Å². The third-order valence-corrected chi connectivity index (χ3v) is 4.86. The molecular weight excluding hydrogens is 354 g/mol. The topological polar surface area (TPSA) is 54.9 Å². The van der Waals surface area contributed by atoms with Gasteiger partial charge in [0.25, 0.3) is 0 Å². The van der Waals surface area contributed by atoms with Crippen LogP contribution in [0.3, 0.4) is 0 Å². The molecule has 1 fully saturated rings. The fourth-order valence-corrected chi connectivity index (χ4v) is 3.33. The fraction of sp³-hybridized carbons (Fsp3) is 0.455. The minimum absolute atomic E-state index is 0.129. The van der Waals surface area contributed by atoms with E-state index in [1.807, 2.05) is 31.5 Å². The molecule has 0 aliphatic carbocycles. The summed E-state index contributed by atoms with van der Waals surface area (Å²) in [5.41, 5.74) is 2.46. The molecule has 3 rings (SSSR count). The Balaban J connectivity index is 1.38. The molecule has 0 spiro atoms. The van der Waals surface area contributed by atoms with Crippen LogP contribution in [-0.2, 0) is 9.53 Å². The molecule has 1 aromatic carbocycles. The van der Waals surface area contributed by atoms with E-state index in [4.69, 9.17) is 9.47 Å². The lowest BCUT2D eigenvalue weighted by Gasteiger charge is -2.37. The minimum Gasteiger partial charge on any atom is -0.494 e. The van der Waals surface area contributed by atoms with Gasteiger partial charge in [0, 0.05) is 56.4 Å². The van der Waals surface area contributed by atoms with Crippen molar-refractivity contribution in [2.45, 2.75) is 26.2 Å². The quantitative estimate of drug-likeness (QED) is 0.488. The van der Waals surface area contributed by atoms with Gasteiger partial charge in [0.2, 0.25) is 0 Å². The van der Waals surface area contributed by atoms with Gasteiger partial charge in [-0.3, -0.25) is 9.78 Å². The first kappa shape index (κ1) is 20.0. The molecule has 2 heterocycles. The Morgan fingerprint density at radius 1 is 0.929 bits per heavy atom. The Morgan fingerprint density at radius 2 is 1.54 bits per heavy atom. The summed E-state index contributed by atoms with van der Waals surface area (Å²) >= 11 is 0. The van der Waals surface area contributed by atoms with Crippen LogP contribution in [0.15, 0.2) is 48.8 Å². The summed E-state index contributed by atoms with van der Waals surface area (Å²) in [6, 6.07) is 12.4. The van der Waals surface area contributed by atoms with Crippen LogP contribution in [-0.4, -0.2) is 50.3 Å². The van der Waals surface area contributed by atoms with E-state index in [9.17, 15) is 4.79 Å². The number of pyridine rings is 1. The van der Waals surface area contributed by atoms with E-state index in [-0.39, 0.29) is 5.97 Å². The van der Waals surface area contributed by atoms with Crippen molar-refractivity contribution in [2.24, 2.45) is 0 Å². The highest BCUT2D eigenvalue weighted by molar-refractivity contribution is 5.69. The molecule has 0 N–H and O–H groups in total. The summed E-state index contributed by atoms with van der Waals surface area (Å²) < 4.78 is 10.7. The standard InChI is InChI=1S/C22H29N3O3/c1-2-27-22(26)5-3-4-18-28-21-8-6-19(7-9-21)24-14-16-25(17-15-24)20-10-12-23-13-11-20/h6-13H,2-5,14-18H2,1H3. The number of unbranched alkanes of at least 4 members (excludes halogenated alkanes) is 1. The molecule has 6 heteroatoms. The lowest BCUT2D eigenvalue weighted by molar-refractivity contribution is -0.143. The van der Waals surface area contributed by atoms with Crippen LogP contribution in [0.4, 0.5) is 11.4 Å². The summed E-state index contributed by atoms with van der Waals surface area (Å²) in [5, 5.41) is 0. The number of piperazine rings is 1. The molecule has 1 aromatic heterocycles. The molecule has 0 unspecified atom stereocenters. The Kier molecular flexibility index (Phi) is 7.53. The van der Waals surface area contributed by atoms with Gasteiger partial charge in [0.05, 0.1) is 13.2 Å². The van der Waals surface area contributed by atoms with Gasteiger partial charge in [0.15, 0.2) is 0 Å². The second-order valence-corrected chi connectivity index (χ2v) is 6.78. The van der Waals surface area contributed by atoms with Gasteiger partial charge in [-0.25, -0.2) is 0 Å². The number of benzene rings is 1. The van der Waals surface area contributed by atoms with E-state index in [1.54, 1.807) is 0 Å². The maximum Gasteiger partial charge on any atom is 0.305 e. The monoisotopic (exact) mass is 383 g/mol. The molecule has 2 aromatic rings. The first-order valence-corrected chi connectivity index (χ1v) is 10.0. The van der Waals surface area contributed by atoms with E-state index >= 15 is 0 Å². The second kappa shape index (κ2) is 10.5. The molecule has 0 radical (unpaired) electrons. The van der Waals surface area contributed by atoms with Gasteiger partial charge in [0.1, 0.15) is 5.75 Å². The third kappa shape index (κ3) is 5.87. The van der Waals surface area contributed by atoms with Crippen molar-refractivity contribution in [3.8, 4) is 5.75 Å².